The third-order valence-electron chi connectivity index (χ3n) is 11.8. The summed E-state index contributed by atoms with van der Waals surface area (Å²) in [4.78, 5) is 5.63. The van der Waals surface area contributed by atoms with E-state index >= 15 is 0 Å². The molecular weight excluding hydrogens is 1170 g/mol. The van der Waals surface area contributed by atoms with Crippen LogP contribution in [0, 0.1) is 0 Å². The Morgan fingerprint density at radius 2 is 0.772 bits per heavy atom. The molecule has 0 aromatic heterocycles. The van der Waals surface area contributed by atoms with Gasteiger partial charge in [-0.1, -0.05) is 84.9 Å². The lowest BCUT2D eigenvalue weighted by Gasteiger charge is -2.17. The molecule has 7 aromatic carbocycles. The third-order valence-corrected chi connectivity index (χ3v) is 24.1. The van der Waals surface area contributed by atoms with Crippen molar-refractivity contribution in [1.82, 2.24) is 0 Å². The topological polar surface area (TPSA) is 212 Å². The average molecular weight is 1220 g/mol. The molecule has 1 N–H and O–H groups in total. The maximum atomic E-state index is 11.5. The molecule has 418 valence electrons. The van der Waals surface area contributed by atoms with Gasteiger partial charge in [-0.15, -0.1) is 35.3 Å². The number of rotatable bonds is 0. The monoisotopic (exact) mass is 1220 g/mol. The van der Waals surface area contributed by atoms with Gasteiger partial charge in [-0.2, -0.15) is 0 Å². The van der Waals surface area contributed by atoms with Crippen molar-refractivity contribution in [1.29, 1.82) is 0 Å². The second kappa shape index (κ2) is 28.2. The zero-order valence-corrected chi connectivity index (χ0v) is 49.1. The minimum absolute atomic E-state index is 0.0637. The minimum atomic E-state index is -3.39. The number of nitrogens with one attached hydrogen (secondary N) is 1. The normalized spacial score (nSPS) is 18.9. The van der Waals surface area contributed by atoms with Gasteiger partial charge in [0.1, 0.15) is 48.6 Å². The Hall–Kier alpha value is -5.66. The number of benzene rings is 7. The Morgan fingerprint density at radius 3 is 1.34 bits per heavy atom. The maximum Gasteiger partial charge on any atom is 0.185 e. The first-order chi connectivity index (χ1) is 38.1. The van der Waals surface area contributed by atoms with Gasteiger partial charge in [0.05, 0.1) is 71.4 Å². The van der Waals surface area contributed by atoms with Gasteiger partial charge < -0.3 is 29.0 Å². The predicted molar refractivity (Wildman–Crippen MR) is 313 cm³/mol. The molecular formula is C56H57NO14S8. The van der Waals surface area contributed by atoms with Crippen LogP contribution in [-0.4, -0.2) is 123 Å². The Balaban J connectivity index is 0.000000122. The molecule has 7 heterocycles. The highest BCUT2D eigenvalue weighted by Crippen LogP contribution is 2.36. The van der Waals surface area contributed by atoms with Crippen molar-refractivity contribution in [2.45, 2.75) is 39.2 Å². The maximum absolute atomic E-state index is 11.5. The van der Waals surface area contributed by atoms with Crippen molar-refractivity contribution in [3.8, 4) is 28.7 Å². The molecule has 15 nitrogen and oxygen atoms in total. The van der Waals surface area contributed by atoms with Crippen molar-refractivity contribution in [3.63, 3.8) is 0 Å². The Labute approximate surface area is 477 Å². The Bertz CT molecular complexity index is 3360. The van der Waals surface area contributed by atoms with E-state index in [-0.39, 0.29) is 39.4 Å². The molecule has 7 aliphatic rings. The highest BCUT2D eigenvalue weighted by Gasteiger charge is 2.33. The molecule has 0 radical (unpaired) electrons. The molecule has 23 heteroatoms. The molecule has 7 aromatic rings. The highest BCUT2D eigenvalue weighted by atomic mass is 32.2. The van der Waals surface area contributed by atoms with Gasteiger partial charge in [0.2, 0.25) is 0 Å². The molecule has 0 saturated heterocycles. The van der Waals surface area contributed by atoms with Crippen LogP contribution in [0.1, 0.15) is 0 Å². The summed E-state index contributed by atoms with van der Waals surface area (Å²) in [5.41, 5.74) is 0.726. The fourth-order valence-electron chi connectivity index (χ4n) is 7.99. The standard InChI is InChI=1S/C8H9NO2S.C8H8O4S2.C8H8O3S.C8H8O2S.C8H8O2.C8H8OS.C8H8S2/c10-12(11)6-5-9-7-3-1-2-4-8(7)12;9-13(10)5-6-14(11,12)8-4-2-1-3-7(8)13;9-12(10)6-5-11-7-3-1-2-4-8(7)12;9-11-6-5-10-7-3-1-2-4-8(7)11;3*1-2-4-8-7(3-1)9-5-6-10-8/h1-4,9H,5-6H2;1-4H,5-6H2;1-4H,5-6H2;1-4H,5-6H2;3*1-4H,5-6H2. The molecule has 0 amide bonds. The SMILES string of the molecule is O=S1(=O)CCNc2ccccc21.O=S1(=O)CCOc2ccccc21.O=S1(=O)CCS(=O)(=O)c2ccccc21.O=S1CCOc2ccccc21.c1ccc2c(c1)OCCO2.c1ccc2c(c1)OCCS2.c1ccc2c(c1)SCCS2. The third kappa shape index (κ3) is 16.5. The molecule has 0 fully saturated rings. The summed E-state index contributed by atoms with van der Waals surface area (Å²) < 4.78 is 129. The van der Waals surface area contributed by atoms with E-state index < -0.39 is 50.1 Å². The number of sulfone groups is 4. The zero-order chi connectivity index (χ0) is 55.7. The number of hydrogen-bond acceptors (Lipinski definition) is 18. The molecule has 0 bridgehead atoms. The predicted octanol–water partition coefficient (Wildman–Crippen LogP) is 9.69. The smallest absolute Gasteiger partial charge is 0.185 e. The van der Waals surface area contributed by atoms with E-state index in [9.17, 15) is 37.9 Å². The first kappa shape index (κ1) is 59.5. The molecule has 79 heavy (non-hydrogen) atoms. The van der Waals surface area contributed by atoms with Crippen molar-refractivity contribution >= 4 is 91.1 Å². The second-order valence-corrected chi connectivity index (χ2v) is 30.5. The quantitative estimate of drug-likeness (QED) is 0.150. The van der Waals surface area contributed by atoms with Gasteiger partial charge in [0, 0.05) is 38.5 Å². The number of thioether (sulfide) groups is 3. The summed E-state index contributed by atoms with van der Waals surface area (Å²) in [6, 6.07) is 51.4. The molecule has 7 aliphatic heterocycles. The Morgan fingerprint density at radius 1 is 0.354 bits per heavy atom. The summed E-state index contributed by atoms with van der Waals surface area (Å²) in [6.07, 6.45) is 0. The van der Waals surface area contributed by atoms with Gasteiger partial charge in [0.25, 0.3) is 0 Å². The van der Waals surface area contributed by atoms with Crippen LogP contribution in [-0.2, 0) is 50.1 Å². The molecule has 1 atom stereocenters. The lowest BCUT2D eigenvalue weighted by Crippen LogP contribution is -2.25. The van der Waals surface area contributed by atoms with Crippen LogP contribution < -0.4 is 29.0 Å². The second-order valence-electron chi connectivity index (χ2n) is 17.2. The highest BCUT2D eigenvalue weighted by molar-refractivity contribution is 8.05. The molecule has 14 rings (SSSR count). The van der Waals surface area contributed by atoms with Crippen LogP contribution in [0.2, 0.25) is 0 Å². The summed E-state index contributed by atoms with van der Waals surface area (Å²) in [6.45, 7) is 3.53. The summed E-state index contributed by atoms with van der Waals surface area (Å²) in [7, 11) is -13.7. The lowest BCUT2D eigenvalue weighted by molar-refractivity contribution is 0.171. The summed E-state index contributed by atoms with van der Waals surface area (Å²) >= 11 is 5.80. The molecule has 1 unspecified atom stereocenters. The van der Waals surface area contributed by atoms with Crippen LogP contribution in [0.5, 0.6) is 28.7 Å². The van der Waals surface area contributed by atoms with Crippen molar-refractivity contribution in [2.24, 2.45) is 0 Å². The van der Waals surface area contributed by atoms with Gasteiger partial charge in [-0.25, -0.2) is 33.7 Å². The summed E-state index contributed by atoms with van der Waals surface area (Å²) in [5.74, 6) is 7.89. The van der Waals surface area contributed by atoms with Crippen LogP contribution >= 0.6 is 35.3 Å². The van der Waals surface area contributed by atoms with Crippen LogP contribution in [0.3, 0.4) is 0 Å². The van der Waals surface area contributed by atoms with Gasteiger partial charge in [-0.3, -0.25) is 4.21 Å². The fourth-order valence-corrected chi connectivity index (χ4v) is 19.0. The average Bonchev–Trinajstić information content (AvgIpc) is 3.61. The number of fused-ring (bicyclic) bond motifs is 7. The van der Waals surface area contributed by atoms with Crippen LogP contribution in [0.4, 0.5) is 5.69 Å². The first-order valence-corrected chi connectivity index (χ1v) is 35.7. The van der Waals surface area contributed by atoms with Crippen molar-refractivity contribution < 1.29 is 61.6 Å². The number of para-hydroxylation sites is 6. The summed E-state index contributed by atoms with van der Waals surface area (Å²) in [5, 5.41) is 3.04. The van der Waals surface area contributed by atoms with Crippen LogP contribution in [0.25, 0.3) is 0 Å². The van der Waals surface area contributed by atoms with E-state index in [0.717, 1.165) is 45.9 Å². The number of ether oxygens (including phenoxy) is 5. The van der Waals surface area contributed by atoms with E-state index in [1.165, 1.54) is 50.5 Å². The Kier molecular flexibility index (Phi) is 21.2. The van der Waals surface area contributed by atoms with E-state index in [4.69, 9.17) is 23.7 Å². The molecule has 0 saturated carbocycles. The molecule has 0 spiro atoms. The number of hydrogen-bond donors (Lipinski definition) is 1. The van der Waals surface area contributed by atoms with Crippen molar-refractivity contribution in [3.05, 3.63) is 170 Å². The molecule has 0 aliphatic carbocycles. The number of anilines is 1. The first-order valence-electron chi connectivity index (χ1n) is 24.8. The van der Waals surface area contributed by atoms with E-state index in [1.807, 2.05) is 108 Å². The van der Waals surface area contributed by atoms with Gasteiger partial charge in [-0.05, 0) is 84.9 Å². The lowest BCUT2D eigenvalue weighted by atomic mass is 10.3. The van der Waals surface area contributed by atoms with Gasteiger partial charge >= 0.3 is 0 Å². The minimum Gasteiger partial charge on any atom is -0.492 e. The van der Waals surface area contributed by atoms with E-state index in [0.29, 0.717) is 47.7 Å². The van der Waals surface area contributed by atoms with Crippen molar-refractivity contribution in [2.75, 3.05) is 90.9 Å². The largest absolute Gasteiger partial charge is 0.492 e. The van der Waals surface area contributed by atoms with Crippen LogP contribution in [0.15, 0.2) is 209 Å². The zero-order valence-electron chi connectivity index (χ0n) is 42.5. The van der Waals surface area contributed by atoms with E-state index in [2.05, 4.69) is 35.6 Å². The fraction of sp³-hybridized carbons (Fsp3) is 0.250. The van der Waals surface area contributed by atoms with Gasteiger partial charge in [0.15, 0.2) is 50.8 Å². The van der Waals surface area contributed by atoms with E-state index in [1.54, 1.807) is 42.5 Å².